The van der Waals surface area contributed by atoms with Gasteiger partial charge in [-0.25, -0.2) is 4.39 Å². The maximum Gasteiger partial charge on any atom is 0.257 e. The van der Waals surface area contributed by atoms with Crippen LogP contribution in [-0.4, -0.2) is 4.57 Å². The Morgan fingerprint density at radius 3 is 2.41 bits per heavy atom. The van der Waals surface area contributed by atoms with Crippen molar-refractivity contribution in [1.29, 1.82) is 0 Å². The molecule has 3 rings (SSSR count). The van der Waals surface area contributed by atoms with Crippen molar-refractivity contribution in [3.8, 4) is 5.69 Å². The Bertz CT molecular complexity index is 945. The van der Waals surface area contributed by atoms with Crippen LogP contribution in [0, 0.1) is 19.7 Å². The maximum atomic E-state index is 13.8. The molecule has 1 aromatic heterocycles. The summed E-state index contributed by atoms with van der Waals surface area (Å²) in [5.74, 6) is -0.416. The van der Waals surface area contributed by atoms with Crippen molar-refractivity contribution in [2.24, 2.45) is 0 Å². The fourth-order valence-electron chi connectivity index (χ4n) is 2.67. The number of hydrogen-bond acceptors (Lipinski definition) is 1. The van der Waals surface area contributed by atoms with E-state index in [0.717, 1.165) is 16.8 Å². The van der Waals surface area contributed by atoms with Crippen LogP contribution in [0.4, 0.5) is 4.39 Å². The molecule has 0 atom stereocenters. The number of rotatable bonds is 1. The second-order valence-electron chi connectivity index (χ2n) is 5.19. The van der Waals surface area contributed by atoms with Crippen molar-refractivity contribution in [2.45, 2.75) is 13.8 Å². The highest BCUT2D eigenvalue weighted by Gasteiger charge is 2.15. The minimum Gasteiger partial charge on any atom is -0.276 e. The molecule has 0 saturated heterocycles. The number of aryl methyl sites for hydroxylation is 2. The van der Waals surface area contributed by atoms with E-state index in [1.54, 1.807) is 10.6 Å². The summed E-state index contributed by atoms with van der Waals surface area (Å²) in [5.41, 5.74) is 3.06. The summed E-state index contributed by atoms with van der Waals surface area (Å²) in [5, 5.41) is 0.749. The molecule has 0 radical (unpaired) electrons. The average Bonchev–Trinajstić information content (AvgIpc) is 2.44. The van der Waals surface area contributed by atoms with Crippen molar-refractivity contribution in [3.05, 3.63) is 73.2 Å². The number of para-hydroxylation sites is 1. The van der Waals surface area contributed by atoms with Crippen molar-refractivity contribution >= 4 is 38.4 Å². The third-order valence-electron chi connectivity index (χ3n) is 3.67. The van der Waals surface area contributed by atoms with Gasteiger partial charge in [0.05, 0.1) is 20.7 Å². The summed E-state index contributed by atoms with van der Waals surface area (Å²) in [6.45, 7) is 3.88. The van der Waals surface area contributed by atoms with Crippen LogP contribution in [0.15, 0.2) is 45.7 Å². The first kappa shape index (κ1) is 15.3. The van der Waals surface area contributed by atoms with E-state index < -0.39 is 5.82 Å². The Balaban J connectivity index is 2.55. The van der Waals surface area contributed by atoms with Gasteiger partial charge >= 0.3 is 0 Å². The number of pyridine rings is 1. The van der Waals surface area contributed by atoms with Crippen LogP contribution in [0.2, 0.25) is 5.02 Å². The fraction of sp³-hybridized carbons (Fsp3) is 0.118. The molecule has 0 aliphatic carbocycles. The summed E-state index contributed by atoms with van der Waals surface area (Å²) in [6, 6.07) is 10.1. The molecule has 0 N–H and O–H groups in total. The topological polar surface area (TPSA) is 22.0 Å². The molecule has 5 heteroatoms. The van der Waals surface area contributed by atoms with Crippen molar-refractivity contribution in [1.82, 2.24) is 4.57 Å². The van der Waals surface area contributed by atoms with Gasteiger partial charge in [0.1, 0.15) is 5.82 Å². The Morgan fingerprint density at radius 1 is 1.14 bits per heavy atom. The Morgan fingerprint density at radius 2 is 1.77 bits per heavy atom. The van der Waals surface area contributed by atoms with Gasteiger partial charge in [0.25, 0.3) is 5.56 Å². The molecule has 0 unspecified atom stereocenters. The van der Waals surface area contributed by atoms with Gasteiger partial charge in [-0.3, -0.25) is 9.36 Å². The molecule has 22 heavy (non-hydrogen) atoms. The lowest BCUT2D eigenvalue weighted by molar-refractivity contribution is 0.623. The zero-order valence-electron chi connectivity index (χ0n) is 12.0. The minimum atomic E-state index is -0.416. The van der Waals surface area contributed by atoms with Gasteiger partial charge in [-0.05, 0) is 53.0 Å². The van der Waals surface area contributed by atoms with E-state index in [9.17, 15) is 9.18 Å². The fourth-order valence-corrected chi connectivity index (χ4v) is 3.25. The van der Waals surface area contributed by atoms with Crippen molar-refractivity contribution < 1.29 is 4.39 Å². The standard InChI is InChI=1S/C17H12BrClFNO/c1-9-4-3-5-10(2)17(9)21-15-7-12(18)14(20)6-11(15)13(19)8-16(21)22/h3-8H,1-2H3. The van der Waals surface area contributed by atoms with Gasteiger partial charge in [0.2, 0.25) is 0 Å². The zero-order valence-corrected chi connectivity index (χ0v) is 14.3. The third-order valence-corrected chi connectivity index (χ3v) is 4.59. The molecule has 1 heterocycles. The summed E-state index contributed by atoms with van der Waals surface area (Å²) in [7, 11) is 0. The maximum absolute atomic E-state index is 13.8. The Labute approximate surface area is 140 Å². The van der Waals surface area contributed by atoms with Gasteiger partial charge < -0.3 is 0 Å². The quantitative estimate of drug-likeness (QED) is 0.571. The molecule has 0 aliphatic rings. The second kappa shape index (κ2) is 5.52. The smallest absolute Gasteiger partial charge is 0.257 e. The highest BCUT2D eigenvalue weighted by Crippen LogP contribution is 2.30. The van der Waals surface area contributed by atoms with E-state index in [1.807, 2.05) is 32.0 Å². The van der Waals surface area contributed by atoms with Crippen LogP contribution in [0.3, 0.4) is 0 Å². The molecule has 112 valence electrons. The molecule has 0 saturated carbocycles. The SMILES string of the molecule is Cc1cccc(C)c1-n1c(=O)cc(Cl)c2cc(F)c(Br)cc21. The van der Waals surface area contributed by atoms with Gasteiger partial charge in [0.15, 0.2) is 0 Å². The van der Waals surface area contributed by atoms with Crippen molar-refractivity contribution in [3.63, 3.8) is 0 Å². The predicted octanol–water partition coefficient (Wildman–Crippen LogP) is 5.16. The molecule has 2 aromatic carbocycles. The predicted molar refractivity (Wildman–Crippen MR) is 91.7 cm³/mol. The summed E-state index contributed by atoms with van der Waals surface area (Å²) in [4.78, 5) is 12.5. The molecular weight excluding hydrogens is 369 g/mol. The average molecular weight is 381 g/mol. The first-order chi connectivity index (χ1) is 10.4. The van der Waals surface area contributed by atoms with Crippen LogP contribution in [0.25, 0.3) is 16.6 Å². The number of nitrogens with zero attached hydrogens (tertiary/aromatic N) is 1. The van der Waals surface area contributed by atoms with Crippen molar-refractivity contribution in [2.75, 3.05) is 0 Å². The van der Waals surface area contributed by atoms with Gasteiger partial charge in [0, 0.05) is 11.5 Å². The summed E-state index contributed by atoms with van der Waals surface area (Å²) < 4.78 is 15.7. The lowest BCUT2D eigenvalue weighted by Crippen LogP contribution is -2.20. The normalized spacial score (nSPS) is 11.1. The highest BCUT2D eigenvalue weighted by molar-refractivity contribution is 9.10. The van der Waals surface area contributed by atoms with E-state index in [2.05, 4.69) is 15.9 Å². The molecule has 0 aliphatic heterocycles. The highest BCUT2D eigenvalue weighted by atomic mass is 79.9. The Kier molecular flexibility index (Phi) is 3.83. The number of hydrogen-bond donors (Lipinski definition) is 0. The van der Waals surface area contributed by atoms with Crippen LogP contribution < -0.4 is 5.56 Å². The molecule has 0 bridgehead atoms. The van der Waals surface area contributed by atoms with E-state index in [1.165, 1.54) is 12.1 Å². The third kappa shape index (κ3) is 2.36. The first-order valence-corrected chi connectivity index (χ1v) is 7.84. The van der Waals surface area contributed by atoms with E-state index in [0.29, 0.717) is 15.4 Å². The molecule has 2 nitrogen and oxygen atoms in total. The van der Waals surface area contributed by atoms with E-state index in [4.69, 9.17) is 11.6 Å². The number of aromatic nitrogens is 1. The van der Waals surface area contributed by atoms with Crippen LogP contribution in [0.5, 0.6) is 0 Å². The first-order valence-electron chi connectivity index (χ1n) is 6.67. The lowest BCUT2D eigenvalue weighted by atomic mass is 10.1. The Hall–Kier alpha value is -1.65. The van der Waals surface area contributed by atoms with Crippen LogP contribution in [0.1, 0.15) is 11.1 Å². The monoisotopic (exact) mass is 379 g/mol. The largest absolute Gasteiger partial charge is 0.276 e. The summed E-state index contributed by atoms with van der Waals surface area (Å²) >= 11 is 9.31. The van der Waals surface area contributed by atoms with Gasteiger partial charge in [-0.2, -0.15) is 0 Å². The number of halogens is 3. The lowest BCUT2D eigenvalue weighted by Gasteiger charge is -2.16. The zero-order chi connectivity index (χ0) is 16.0. The van der Waals surface area contributed by atoms with E-state index >= 15 is 0 Å². The molecular formula is C17H12BrClFNO. The molecule has 3 aromatic rings. The minimum absolute atomic E-state index is 0.242. The molecule has 0 fully saturated rings. The van der Waals surface area contributed by atoms with E-state index in [-0.39, 0.29) is 10.6 Å². The van der Waals surface area contributed by atoms with Gasteiger partial charge in [-0.1, -0.05) is 29.8 Å². The molecule has 0 spiro atoms. The number of fused-ring (bicyclic) bond motifs is 1. The van der Waals surface area contributed by atoms with Gasteiger partial charge in [-0.15, -0.1) is 0 Å². The molecule has 0 amide bonds. The van der Waals surface area contributed by atoms with Crippen LogP contribution >= 0.6 is 27.5 Å². The second-order valence-corrected chi connectivity index (χ2v) is 6.45. The number of benzene rings is 2. The van der Waals surface area contributed by atoms with Crippen LogP contribution in [-0.2, 0) is 0 Å². The summed E-state index contributed by atoms with van der Waals surface area (Å²) in [6.07, 6.45) is 0.